The molecule has 0 saturated heterocycles. The van der Waals surface area contributed by atoms with Gasteiger partial charge in [-0.15, -0.1) is 0 Å². The lowest BCUT2D eigenvalue weighted by atomic mass is 10.1. The fourth-order valence-electron chi connectivity index (χ4n) is 3.81. The number of rotatable bonds is 4. The maximum absolute atomic E-state index is 13.6. The highest BCUT2D eigenvalue weighted by atomic mass is 16.2. The van der Waals surface area contributed by atoms with Crippen LogP contribution in [0.5, 0.6) is 0 Å². The summed E-state index contributed by atoms with van der Waals surface area (Å²) in [5, 5.41) is 1.15. The maximum Gasteiger partial charge on any atom is 0.280 e. The summed E-state index contributed by atoms with van der Waals surface area (Å²) in [6, 6.07) is 16.1. The molecular formula is C22H23N3O. The normalized spacial score (nSPS) is 11.5. The number of hydrogen-bond donors (Lipinski definition) is 0. The third-order valence-corrected chi connectivity index (χ3v) is 5.09. The van der Waals surface area contributed by atoms with E-state index in [-0.39, 0.29) is 5.91 Å². The second-order valence-corrected chi connectivity index (χ2v) is 6.78. The van der Waals surface area contributed by atoms with Gasteiger partial charge in [0, 0.05) is 17.4 Å². The van der Waals surface area contributed by atoms with E-state index in [9.17, 15) is 4.79 Å². The number of carbonyl (C=O) groups is 1. The van der Waals surface area contributed by atoms with Gasteiger partial charge >= 0.3 is 0 Å². The van der Waals surface area contributed by atoms with Gasteiger partial charge in [-0.25, -0.2) is 4.98 Å². The molecule has 0 spiro atoms. The number of unbranched alkanes of at least 4 members (excludes halogenated alkanes) is 1. The zero-order valence-electron chi connectivity index (χ0n) is 15.5. The number of nitrogens with zero attached hydrogens (tertiary/aromatic N) is 3. The molecule has 0 bridgehead atoms. The highest BCUT2D eigenvalue weighted by Crippen LogP contribution is 2.28. The minimum atomic E-state index is 0.000929. The van der Waals surface area contributed by atoms with Gasteiger partial charge in [0.15, 0.2) is 0 Å². The minimum absolute atomic E-state index is 0.000929. The van der Waals surface area contributed by atoms with Gasteiger partial charge in [0.25, 0.3) is 5.91 Å². The minimum Gasteiger partial charge on any atom is -0.336 e. The van der Waals surface area contributed by atoms with Gasteiger partial charge in [0.05, 0.1) is 11.0 Å². The van der Waals surface area contributed by atoms with Gasteiger partial charge in [0.2, 0.25) is 0 Å². The van der Waals surface area contributed by atoms with Crippen LogP contribution in [0.3, 0.4) is 0 Å². The number of aryl methyl sites for hydroxylation is 3. The first-order chi connectivity index (χ1) is 12.6. The van der Waals surface area contributed by atoms with Crippen LogP contribution in [0.4, 0.5) is 0 Å². The largest absolute Gasteiger partial charge is 0.336 e. The van der Waals surface area contributed by atoms with E-state index >= 15 is 0 Å². The van der Waals surface area contributed by atoms with E-state index in [1.165, 1.54) is 0 Å². The summed E-state index contributed by atoms with van der Waals surface area (Å²) in [7, 11) is 0. The number of imidazole rings is 1. The Morgan fingerprint density at radius 1 is 1.00 bits per heavy atom. The quantitative estimate of drug-likeness (QED) is 0.516. The Morgan fingerprint density at radius 2 is 1.69 bits per heavy atom. The fraction of sp³-hybridized carbons (Fsp3) is 0.273. The van der Waals surface area contributed by atoms with Crippen molar-refractivity contribution in [1.82, 2.24) is 14.1 Å². The first-order valence-corrected chi connectivity index (χ1v) is 9.20. The van der Waals surface area contributed by atoms with Crippen molar-refractivity contribution < 1.29 is 4.79 Å². The third-order valence-electron chi connectivity index (χ3n) is 5.09. The van der Waals surface area contributed by atoms with Crippen LogP contribution in [0, 0.1) is 13.8 Å². The van der Waals surface area contributed by atoms with Crippen molar-refractivity contribution >= 4 is 27.8 Å². The number of benzene rings is 2. The SMILES string of the molecule is CCCCn1c(C(=O)n2c(C)nc3ccccc32)c(C)c2ccccc21. The van der Waals surface area contributed by atoms with E-state index in [1.54, 1.807) is 4.57 Å². The Balaban J connectivity index is 1.97. The third kappa shape index (κ3) is 2.45. The van der Waals surface area contributed by atoms with Gasteiger partial charge < -0.3 is 4.57 Å². The average Bonchev–Trinajstić information content (AvgIpc) is 3.13. The lowest BCUT2D eigenvalue weighted by Gasteiger charge is -2.12. The second-order valence-electron chi connectivity index (χ2n) is 6.78. The van der Waals surface area contributed by atoms with Crippen LogP contribution in [0.25, 0.3) is 21.9 Å². The van der Waals surface area contributed by atoms with E-state index in [1.807, 2.05) is 50.2 Å². The molecule has 4 rings (SSSR count). The zero-order chi connectivity index (χ0) is 18.3. The summed E-state index contributed by atoms with van der Waals surface area (Å²) in [6.45, 7) is 6.96. The lowest BCUT2D eigenvalue weighted by Crippen LogP contribution is -2.19. The van der Waals surface area contributed by atoms with Gasteiger partial charge in [-0.2, -0.15) is 0 Å². The molecule has 2 aromatic heterocycles. The van der Waals surface area contributed by atoms with Gasteiger partial charge in [-0.3, -0.25) is 9.36 Å². The van der Waals surface area contributed by atoms with Crippen molar-refractivity contribution in [2.24, 2.45) is 0 Å². The Labute approximate surface area is 153 Å². The molecule has 0 saturated carbocycles. The molecule has 4 aromatic rings. The summed E-state index contributed by atoms with van der Waals surface area (Å²) < 4.78 is 3.93. The summed E-state index contributed by atoms with van der Waals surface area (Å²) in [4.78, 5) is 18.2. The van der Waals surface area contributed by atoms with Crippen molar-refractivity contribution in [2.75, 3.05) is 0 Å². The Hall–Kier alpha value is -2.88. The molecule has 2 heterocycles. The summed E-state index contributed by atoms with van der Waals surface area (Å²) >= 11 is 0. The summed E-state index contributed by atoms with van der Waals surface area (Å²) in [6.07, 6.45) is 2.13. The molecule has 0 radical (unpaired) electrons. The first-order valence-electron chi connectivity index (χ1n) is 9.20. The van der Waals surface area contributed by atoms with Crippen LogP contribution in [0.2, 0.25) is 0 Å². The van der Waals surface area contributed by atoms with Gasteiger partial charge in [0.1, 0.15) is 11.5 Å². The molecule has 0 aliphatic heterocycles. The number of carbonyl (C=O) groups excluding carboxylic acids is 1. The van der Waals surface area contributed by atoms with Crippen LogP contribution >= 0.6 is 0 Å². The summed E-state index contributed by atoms with van der Waals surface area (Å²) in [5.74, 6) is 0.726. The Kier molecular flexibility index (Phi) is 4.11. The lowest BCUT2D eigenvalue weighted by molar-refractivity contribution is 0.0952. The number of aromatic nitrogens is 3. The van der Waals surface area contributed by atoms with Crippen molar-refractivity contribution in [1.29, 1.82) is 0 Å². The van der Waals surface area contributed by atoms with E-state index in [2.05, 4.69) is 28.6 Å². The van der Waals surface area contributed by atoms with E-state index < -0.39 is 0 Å². The smallest absolute Gasteiger partial charge is 0.280 e. The molecular weight excluding hydrogens is 322 g/mol. The van der Waals surface area contributed by atoms with E-state index in [4.69, 9.17) is 0 Å². The van der Waals surface area contributed by atoms with Crippen molar-refractivity contribution in [3.05, 3.63) is 65.6 Å². The monoisotopic (exact) mass is 345 g/mol. The van der Waals surface area contributed by atoms with E-state index in [0.29, 0.717) is 0 Å². The molecule has 0 fully saturated rings. The Bertz CT molecular complexity index is 1120. The predicted octanol–water partition coefficient (Wildman–Crippen LogP) is 5.10. The number of para-hydroxylation sites is 3. The van der Waals surface area contributed by atoms with Crippen LogP contribution in [0.15, 0.2) is 48.5 Å². The second kappa shape index (κ2) is 6.45. The van der Waals surface area contributed by atoms with Gasteiger partial charge in [-0.1, -0.05) is 43.7 Å². The molecule has 0 atom stereocenters. The van der Waals surface area contributed by atoms with Crippen LogP contribution in [-0.2, 0) is 6.54 Å². The number of hydrogen-bond acceptors (Lipinski definition) is 2. The summed E-state index contributed by atoms with van der Waals surface area (Å²) in [5.41, 5.74) is 4.66. The molecule has 0 N–H and O–H groups in total. The van der Waals surface area contributed by atoms with E-state index in [0.717, 1.165) is 58.4 Å². The molecule has 4 nitrogen and oxygen atoms in total. The molecule has 0 aliphatic rings. The highest BCUT2D eigenvalue weighted by Gasteiger charge is 2.24. The van der Waals surface area contributed by atoms with Crippen LogP contribution in [0.1, 0.15) is 41.6 Å². The highest BCUT2D eigenvalue weighted by molar-refractivity contribution is 6.06. The van der Waals surface area contributed by atoms with Crippen molar-refractivity contribution in [3.63, 3.8) is 0 Å². The molecule has 0 unspecified atom stereocenters. The number of fused-ring (bicyclic) bond motifs is 2. The zero-order valence-corrected chi connectivity index (χ0v) is 15.5. The molecule has 0 amide bonds. The van der Waals surface area contributed by atoms with Crippen LogP contribution < -0.4 is 0 Å². The molecule has 2 aromatic carbocycles. The van der Waals surface area contributed by atoms with Crippen LogP contribution in [-0.4, -0.2) is 20.0 Å². The molecule has 4 heteroatoms. The first kappa shape index (κ1) is 16.6. The molecule has 26 heavy (non-hydrogen) atoms. The van der Waals surface area contributed by atoms with Gasteiger partial charge in [-0.05, 0) is 44.0 Å². The fourth-order valence-corrected chi connectivity index (χ4v) is 3.81. The average molecular weight is 345 g/mol. The topological polar surface area (TPSA) is 39.8 Å². The van der Waals surface area contributed by atoms with Crippen molar-refractivity contribution in [2.45, 2.75) is 40.2 Å². The Morgan fingerprint density at radius 3 is 2.46 bits per heavy atom. The van der Waals surface area contributed by atoms with Crippen molar-refractivity contribution in [3.8, 4) is 0 Å². The standard InChI is InChI=1S/C22H23N3O/c1-4-5-14-24-19-12-8-6-10-17(19)15(2)21(24)22(26)25-16(3)23-18-11-7-9-13-20(18)25/h6-13H,4-5,14H2,1-3H3. The predicted molar refractivity (Wildman–Crippen MR) is 106 cm³/mol. The molecule has 132 valence electrons. The molecule has 0 aliphatic carbocycles. The maximum atomic E-state index is 13.6.